The van der Waals surface area contributed by atoms with Crippen molar-refractivity contribution in [1.82, 2.24) is 4.90 Å². The largest absolute Gasteiger partial charge is 0.345 e. The number of amides is 1. The summed E-state index contributed by atoms with van der Waals surface area (Å²) in [5, 5.41) is 0. The van der Waals surface area contributed by atoms with Crippen molar-refractivity contribution >= 4 is 5.91 Å². The van der Waals surface area contributed by atoms with Crippen LogP contribution in [0.5, 0.6) is 0 Å². The fourth-order valence-electron chi connectivity index (χ4n) is 1.42. The van der Waals surface area contributed by atoms with Gasteiger partial charge in [0.25, 0.3) is 5.91 Å². The predicted molar refractivity (Wildman–Crippen MR) is 63.0 cm³/mol. The van der Waals surface area contributed by atoms with Crippen LogP contribution in [0.3, 0.4) is 0 Å². The van der Waals surface area contributed by atoms with Crippen molar-refractivity contribution < 1.29 is 4.79 Å². The number of carbonyl (C=O) groups is 1. The van der Waals surface area contributed by atoms with E-state index in [-0.39, 0.29) is 5.91 Å². The lowest BCUT2D eigenvalue weighted by Crippen LogP contribution is -2.21. The zero-order chi connectivity index (χ0) is 11.4. The zero-order valence-corrected chi connectivity index (χ0v) is 9.58. The lowest BCUT2D eigenvalue weighted by molar-refractivity contribution is 0.0827. The van der Waals surface area contributed by atoms with E-state index in [1.165, 1.54) is 0 Å². The quantitative estimate of drug-likeness (QED) is 0.691. The smallest absolute Gasteiger partial charge is 0.253 e. The van der Waals surface area contributed by atoms with Crippen LogP contribution in [0.2, 0.25) is 0 Å². The second kappa shape index (κ2) is 4.78. The zero-order valence-electron chi connectivity index (χ0n) is 9.58. The summed E-state index contributed by atoms with van der Waals surface area (Å²) in [5.74, 6) is 0.0403. The molecule has 0 heterocycles. The van der Waals surface area contributed by atoms with Crippen LogP contribution in [0.1, 0.15) is 22.8 Å². The molecule has 0 aliphatic carbocycles. The van der Waals surface area contributed by atoms with Crippen molar-refractivity contribution in [3.8, 4) is 0 Å². The summed E-state index contributed by atoms with van der Waals surface area (Å²) in [5.41, 5.74) is 2.97. The van der Waals surface area contributed by atoms with Crippen LogP contribution >= 0.6 is 0 Å². The van der Waals surface area contributed by atoms with Crippen LogP contribution in [-0.2, 0) is 6.42 Å². The molecule has 2 heteroatoms. The molecule has 0 bridgehead atoms. The van der Waals surface area contributed by atoms with Crippen LogP contribution in [-0.4, -0.2) is 24.9 Å². The number of carbonyl (C=O) groups excluding carboxylic acids is 1. The van der Waals surface area contributed by atoms with Crippen molar-refractivity contribution in [2.24, 2.45) is 0 Å². The Labute approximate surface area is 91.2 Å². The summed E-state index contributed by atoms with van der Waals surface area (Å²) in [6.45, 7) is 5.85. The number of benzene rings is 1. The molecule has 0 radical (unpaired) electrons. The highest BCUT2D eigenvalue weighted by atomic mass is 16.2. The van der Waals surface area contributed by atoms with E-state index < -0.39 is 0 Å². The van der Waals surface area contributed by atoms with Crippen molar-refractivity contribution in [2.45, 2.75) is 13.3 Å². The molecule has 0 N–H and O–H groups in total. The maximum Gasteiger partial charge on any atom is 0.253 e. The third kappa shape index (κ3) is 3.24. The molecule has 80 valence electrons. The molecule has 0 spiro atoms. The average Bonchev–Trinajstić information content (AvgIpc) is 2.16. The third-order valence-electron chi connectivity index (χ3n) is 2.09. The van der Waals surface area contributed by atoms with E-state index in [0.29, 0.717) is 0 Å². The van der Waals surface area contributed by atoms with Crippen LogP contribution < -0.4 is 0 Å². The Hall–Kier alpha value is -1.57. The number of rotatable bonds is 3. The Morgan fingerprint density at radius 2 is 2.07 bits per heavy atom. The van der Waals surface area contributed by atoms with Crippen molar-refractivity contribution in [2.75, 3.05) is 14.1 Å². The Morgan fingerprint density at radius 1 is 1.40 bits per heavy atom. The van der Waals surface area contributed by atoms with Crippen molar-refractivity contribution in [3.05, 3.63) is 47.5 Å². The standard InChI is InChI=1S/C13H17NO/c1-10(2)8-11-6-5-7-12(9-11)13(15)14(3)4/h5-7,9H,1,8H2,2-4H3. The second-order valence-electron chi connectivity index (χ2n) is 4.03. The molecule has 0 fully saturated rings. The third-order valence-corrected chi connectivity index (χ3v) is 2.09. The van der Waals surface area contributed by atoms with Gasteiger partial charge in [0, 0.05) is 19.7 Å². The minimum Gasteiger partial charge on any atom is -0.345 e. The Bertz CT molecular complexity index is 380. The van der Waals surface area contributed by atoms with Crippen LogP contribution in [0.4, 0.5) is 0 Å². The summed E-state index contributed by atoms with van der Waals surface area (Å²) < 4.78 is 0. The SMILES string of the molecule is C=C(C)Cc1cccc(C(=O)N(C)C)c1. The highest BCUT2D eigenvalue weighted by Crippen LogP contribution is 2.10. The minimum atomic E-state index is 0.0403. The summed E-state index contributed by atoms with van der Waals surface area (Å²) in [6.07, 6.45) is 0.828. The van der Waals surface area contributed by atoms with Gasteiger partial charge in [-0.2, -0.15) is 0 Å². The van der Waals surface area contributed by atoms with Gasteiger partial charge in [-0.15, -0.1) is 0 Å². The lowest BCUT2D eigenvalue weighted by Gasteiger charge is -2.11. The first-order chi connectivity index (χ1) is 7.00. The average molecular weight is 203 g/mol. The molecule has 1 aromatic rings. The molecule has 0 saturated heterocycles. The summed E-state index contributed by atoms with van der Waals surface area (Å²) >= 11 is 0. The Kier molecular flexibility index (Phi) is 3.67. The molecule has 1 amide bonds. The van der Waals surface area contributed by atoms with Crippen LogP contribution in [0, 0.1) is 0 Å². The van der Waals surface area contributed by atoms with E-state index in [1.807, 2.05) is 31.2 Å². The summed E-state index contributed by atoms with van der Waals surface area (Å²) in [7, 11) is 3.52. The Morgan fingerprint density at radius 3 is 2.60 bits per heavy atom. The monoisotopic (exact) mass is 203 g/mol. The van der Waals surface area contributed by atoms with Gasteiger partial charge in [-0.1, -0.05) is 24.3 Å². The number of allylic oxidation sites excluding steroid dienone is 1. The molecule has 0 atom stereocenters. The van der Waals surface area contributed by atoms with Gasteiger partial charge in [-0.05, 0) is 31.0 Å². The van der Waals surface area contributed by atoms with E-state index in [2.05, 4.69) is 6.58 Å². The fourth-order valence-corrected chi connectivity index (χ4v) is 1.42. The molecule has 0 aromatic heterocycles. The molecule has 0 aliphatic heterocycles. The van der Waals surface area contributed by atoms with Crippen LogP contribution in [0.15, 0.2) is 36.4 Å². The molecule has 0 aliphatic rings. The van der Waals surface area contributed by atoms with E-state index in [1.54, 1.807) is 19.0 Å². The molecule has 1 aromatic carbocycles. The second-order valence-corrected chi connectivity index (χ2v) is 4.03. The minimum absolute atomic E-state index is 0.0403. The maximum absolute atomic E-state index is 11.7. The maximum atomic E-state index is 11.7. The van der Waals surface area contributed by atoms with Gasteiger partial charge in [0.15, 0.2) is 0 Å². The predicted octanol–water partition coefficient (Wildman–Crippen LogP) is 2.51. The first kappa shape index (κ1) is 11.5. The van der Waals surface area contributed by atoms with Gasteiger partial charge in [-0.25, -0.2) is 0 Å². The molecule has 2 nitrogen and oxygen atoms in total. The van der Waals surface area contributed by atoms with E-state index in [0.717, 1.165) is 23.1 Å². The van der Waals surface area contributed by atoms with E-state index >= 15 is 0 Å². The van der Waals surface area contributed by atoms with Gasteiger partial charge in [0.05, 0.1) is 0 Å². The molecule has 15 heavy (non-hydrogen) atoms. The molecule has 0 saturated carbocycles. The lowest BCUT2D eigenvalue weighted by atomic mass is 10.0. The first-order valence-corrected chi connectivity index (χ1v) is 4.95. The van der Waals surface area contributed by atoms with Gasteiger partial charge in [-0.3, -0.25) is 4.79 Å². The summed E-state index contributed by atoms with van der Waals surface area (Å²) in [6, 6.07) is 7.69. The van der Waals surface area contributed by atoms with Gasteiger partial charge in [0.2, 0.25) is 0 Å². The van der Waals surface area contributed by atoms with Crippen molar-refractivity contribution in [3.63, 3.8) is 0 Å². The first-order valence-electron chi connectivity index (χ1n) is 4.95. The molecule has 0 unspecified atom stereocenters. The Balaban J connectivity index is 2.92. The summed E-state index contributed by atoms with van der Waals surface area (Å²) in [4.78, 5) is 13.3. The van der Waals surface area contributed by atoms with E-state index in [9.17, 15) is 4.79 Å². The number of nitrogens with zero attached hydrogens (tertiary/aromatic N) is 1. The van der Waals surface area contributed by atoms with Gasteiger partial charge in [0.1, 0.15) is 0 Å². The normalized spacial score (nSPS) is 9.80. The molecule has 1 rings (SSSR count). The van der Waals surface area contributed by atoms with Gasteiger partial charge < -0.3 is 4.90 Å². The van der Waals surface area contributed by atoms with Crippen LogP contribution in [0.25, 0.3) is 0 Å². The number of hydrogen-bond donors (Lipinski definition) is 0. The van der Waals surface area contributed by atoms with Crippen molar-refractivity contribution in [1.29, 1.82) is 0 Å². The topological polar surface area (TPSA) is 20.3 Å². The molecular formula is C13H17NO. The van der Waals surface area contributed by atoms with E-state index in [4.69, 9.17) is 0 Å². The number of hydrogen-bond acceptors (Lipinski definition) is 1. The van der Waals surface area contributed by atoms with Gasteiger partial charge >= 0.3 is 0 Å². The highest BCUT2D eigenvalue weighted by molar-refractivity contribution is 5.94. The fraction of sp³-hybridized carbons (Fsp3) is 0.308. The highest BCUT2D eigenvalue weighted by Gasteiger charge is 2.07. The molecular weight excluding hydrogens is 186 g/mol.